The van der Waals surface area contributed by atoms with E-state index in [-0.39, 0.29) is 0 Å². The summed E-state index contributed by atoms with van der Waals surface area (Å²) >= 11 is 0. The van der Waals surface area contributed by atoms with Crippen LogP contribution in [0, 0.1) is 0 Å². The van der Waals surface area contributed by atoms with E-state index in [1.54, 1.807) is 28.4 Å². The van der Waals surface area contributed by atoms with Gasteiger partial charge in [-0.2, -0.15) is 0 Å². The molecule has 0 rings (SSSR count). The minimum atomic E-state index is -1.68. The first-order valence-electron chi connectivity index (χ1n) is 4.20. The maximum absolute atomic E-state index is 5.19. The number of hydrogen-bond donors (Lipinski definition) is 0. The molecule has 80 valence electrons. The molecule has 0 N–H and O–H groups in total. The molecule has 0 aromatic heterocycles. The van der Waals surface area contributed by atoms with E-state index in [9.17, 15) is 0 Å². The smallest absolute Gasteiger partial charge is 0.167 e. The normalized spacial score (nSPS) is 12.0. The molecular formula is C8H20O4Si. The molecule has 5 heteroatoms. The molecule has 0 aliphatic rings. The van der Waals surface area contributed by atoms with Crippen molar-refractivity contribution in [3.05, 3.63) is 0 Å². The molecule has 4 nitrogen and oxygen atoms in total. The fourth-order valence-electron chi connectivity index (χ4n) is 1.47. The van der Waals surface area contributed by atoms with Crippen LogP contribution in [0.3, 0.4) is 0 Å². The Morgan fingerprint density at radius 3 is 1.00 bits per heavy atom. The van der Waals surface area contributed by atoms with Crippen LogP contribution in [0.5, 0.6) is 0 Å². The first-order valence-corrected chi connectivity index (χ1v) is 7.03. The predicted octanol–water partition coefficient (Wildman–Crippen LogP) is 0.178. The molecule has 0 aliphatic carbocycles. The average molecular weight is 208 g/mol. The molecule has 0 aromatic rings. The maximum atomic E-state index is 5.19. The molecule has 0 bridgehead atoms. The van der Waals surface area contributed by atoms with E-state index < -0.39 is 8.07 Å². The third kappa shape index (κ3) is 4.73. The van der Waals surface area contributed by atoms with Crippen molar-refractivity contribution in [1.29, 1.82) is 0 Å². The highest BCUT2D eigenvalue weighted by Gasteiger charge is 2.34. The van der Waals surface area contributed by atoms with Gasteiger partial charge >= 0.3 is 0 Å². The lowest BCUT2D eigenvalue weighted by Gasteiger charge is -2.28. The third-order valence-electron chi connectivity index (χ3n) is 1.80. The summed E-state index contributed by atoms with van der Waals surface area (Å²) in [6.07, 6.45) is 2.84. The van der Waals surface area contributed by atoms with E-state index in [1.165, 1.54) is 0 Å². The lowest BCUT2D eigenvalue weighted by atomic mass is 11.4. The van der Waals surface area contributed by atoms with Gasteiger partial charge < -0.3 is 18.9 Å². The second-order valence-electron chi connectivity index (χ2n) is 3.23. The van der Waals surface area contributed by atoms with Gasteiger partial charge in [-0.15, -0.1) is 0 Å². The third-order valence-corrected chi connectivity index (χ3v) is 5.41. The minimum Gasteiger partial charge on any atom is -0.388 e. The van der Waals surface area contributed by atoms with Crippen LogP contribution in [0.15, 0.2) is 0 Å². The molecule has 0 atom stereocenters. The lowest BCUT2D eigenvalue weighted by molar-refractivity contribution is 0.165. The van der Waals surface area contributed by atoms with Gasteiger partial charge in [0.2, 0.25) is 0 Å². The van der Waals surface area contributed by atoms with Crippen molar-refractivity contribution in [3.63, 3.8) is 0 Å². The topological polar surface area (TPSA) is 36.9 Å². The Balaban J connectivity index is 4.19. The lowest BCUT2D eigenvalue weighted by Crippen LogP contribution is -2.54. The summed E-state index contributed by atoms with van der Waals surface area (Å²) in [7, 11) is 5.10. The molecule has 0 heterocycles. The van der Waals surface area contributed by atoms with Crippen LogP contribution in [-0.4, -0.2) is 61.4 Å². The Labute approximate surface area is 81.1 Å². The van der Waals surface area contributed by atoms with Crippen LogP contribution < -0.4 is 0 Å². The number of methoxy groups -OCH3 is 4. The molecule has 0 fully saturated rings. The number of hydrogen-bond acceptors (Lipinski definition) is 4. The zero-order chi connectivity index (χ0) is 10.2. The van der Waals surface area contributed by atoms with Crippen molar-refractivity contribution >= 4 is 8.07 Å². The summed E-state index contributed by atoms with van der Waals surface area (Å²) in [5, 5.41) is 0. The van der Waals surface area contributed by atoms with Gasteiger partial charge in [0.1, 0.15) is 0 Å². The quantitative estimate of drug-likeness (QED) is 0.533. The van der Waals surface area contributed by atoms with Gasteiger partial charge in [-0.25, -0.2) is 0 Å². The Bertz CT molecular complexity index is 91.2. The largest absolute Gasteiger partial charge is 0.388 e. The van der Waals surface area contributed by atoms with E-state index in [4.69, 9.17) is 18.9 Å². The Hall–Kier alpha value is 0.0569. The van der Waals surface area contributed by atoms with Crippen molar-refractivity contribution in [2.24, 2.45) is 0 Å². The van der Waals surface area contributed by atoms with Gasteiger partial charge in [-0.3, -0.25) is 0 Å². The van der Waals surface area contributed by atoms with Crippen LogP contribution in [-0.2, 0) is 18.9 Å². The fraction of sp³-hybridized carbons (Fsp3) is 1.00. The highest BCUT2D eigenvalue weighted by Crippen LogP contribution is 2.05. The summed E-state index contributed by atoms with van der Waals surface area (Å²) in [6.45, 7) is 0. The second-order valence-corrected chi connectivity index (χ2v) is 7.39. The van der Waals surface area contributed by atoms with Crippen LogP contribution in [0.2, 0.25) is 0 Å². The summed E-state index contributed by atoms with van der Waals surface area (Å²) in [4.78, 5) is 0. The van der Waals surface area contributed by atoms with Crippen LogP contribution >= 0.6 is 0 Å². The highest BCUT2D eigenvalue weighted by atomic mass is 28.3. The van der Waals surface area contributed by atoms with E-state index in [0.29, 0.717) is 24.9 Å². The number of rotatable bonds is 8. The van der Waals surface area contributed by atoms with E-state index in [1.807, 2.05) is 0 Å². The molecule has 0 spiro atoms. The standard InChI is InChI=1S/C8H20O4Si/c1-9-5-13(6-10-2,7-11-3)8-12-4/h5-8H2,1-4H3. The molecule has 0 saturated carbocycles. The Morgan fingerprint density at radius 1 is 0.615 bits per heavy atom. The van der Waals surface area contributed by atoms with Gasteiger partial charge in [0.05, 0.1) is 0 Å². The monoisotopic (exact) mass is 208 g/mol. The summed E-state index contributed by atoms with van der Waals surface area (Å²) in [5.74, 6) is 0. The second kappa shape index (κ2) is 7.46. The van der Waals surface area contributed by atoms with Crippen LogP contribution in [0.4, 0.5) is 0 Å². The van der Waals surface area contributed by atoms with E-state index in [2.05, 4.69) is 0 Å². The zero-order valence-electron chi connectivity index (χ0n) is 8.96. The van der Waals surface area contributed by atoms with Crippen LogP contribution in [0.25, 0.3) is 0 Å². The van der Waals surface area contributed by atoms with Crippen molar-refractivity contribution in [3.8, 4) is 0 Å². The first kappa shape index (κ1) is 13.1. The molecule has 0 amide bonds. The van der Waals surface area contributed by atoms with Gasteiger partial charge in [0.25, 0.3) is 0 Å². The van der Waals surface area contributed by atoms with Crippen molar-refractivity contribution in [2.75, 3.05) is 53.4 Å². The first-order chi connectivity index (χ1) is 6.24. The fourth-order valence-corrected chi connectivity index (χ4v) is 4.42. The molecule has 0 unspecified atom stereocenters. The summed E-state index contributed by atoms with van der Waals surface area (Å²) in [5.41, 5.74) is 0. The van der Waals surface area contributed by atoms with Crippen molar-refractivity contribution in [1.82, 2.24) is 0 Å². The summed E-state index contributed by atoms with van der Waals surface area (Å²) in [6, 6.07) is 0. The van der Waals surface area contributed by atoms with Gasteiger partial charge in [0.15, 0.2) is 8.07 Å². The Morgan fingerprint density at radius 2 is 0.846 bits per heavy atom. The van der Waals surface area contributed by atoms with Crippen LogP contribution in [0.1, 0.15) is 0 Å². The van der Waals surface area contributed by atoms with Crippen molar-refractivity contribution in [2.45, 2.75) is 0 Å². The molecule has 0 aliphatic heterocycles. The highest BCUT2D eigenvalue weighted by molar-refractivity contribution is 6.79. The minimum absolute atomic E-state index is 0.711. The average Bonchev–Trinajstić information content (AvgIpc) is 2.06. The SMILES string of the molecule is COC[Si](COC)(COC)COC. The van der Waals surface area contributed by atoms with Gasteiger partial charge in [-0.1, -0.05) is 0 Å². The molecule has 0 saturated heterocycles. The molecule has 13 heavy (non-hydrogen) atoms. The Kier molecular flexibility index (Phi) is 7.49. The molecule has 0 aromatic carbocycles. The summed E-state index contributed by atoms with van der Waals surface area (Å²) < 4.78 is 20.7. The zero-order valence-corrected chi connectivity index (χ0v) is 9.96. The van der Waals surface area contributed by atoms with Gasteiger partial charge in [0, 0.05) is 53.4 Å². The van der Waals surface area contributed by atoms with Gasteiger partial charge in [-0.05, 0) is 0 Å². The molecular weight excluding hydrogens is 188 g/mol. The molecule has 0 radical (unpaired) electrons. The van der Waals surface area contributed by atoms with Crippen molar-refractivity contribution < 1.29 is 18.9 Å². The van der Waals surface area contributed by atoms with E-state index >= 15 is 0 Å². The number of ether oxygens (including phenoxy) is 4. The van der Waals surface area contributed by atoms with E-state index in [0.717, 1.165) is 0 Å². The maximum Gasteiger partial charge on any atom is 0.167 e. The predicted molar refractivity (Wildman–Crippen MR) is 53.3 cm³/mol.